The van der Waals surface area contributed by atoms with Gasteiger partial charge in [0, 0.05) is 5.56 Å². The molecule has 0 aliphatic rings. The highest BCUT2D eigenvalue weighted by Crippen LogP contribution is 2.32. The van der Waals surface area contributed by atoms with Crippen molar-refractivity contribution in [1.82, 2.24) is 9.97 Å². The van der Waals surface area contributed by atoms with E-state index in [1.807, 2.05) is 13.8 Å². The zero-order valence-corrected chi connectivity index (χ0v) is 12.0. The Morgan fingerprint density at radius 3 is 2.62 bits per heavy atom. The normalized spacial score (nSPS) is 10.5. The van der Waals surface area contributed by atoms with Gasteiger partial charge < -0.3 is 14.6 Å². The molecule has 2 rings (SSSR count). The van der Waals surface area contributed by atoms with Crippen molar-refractivity contribution in [3.05, 3.63) is 36.3 Å². The molecule has 0 bridgehead atoms. The molecule has 0 radical (unpaired) electrons. The number of benzene rings is 1. The molecule has 0 aliphatic carbocycles. The van der Waals surface area contributed by atoms with Crippen molar-refractivity contribution in [3.63, 3.8) is 0 Å². The monoisotopic (exact) mass is 288 g/mol. The van der Waals surface area contributed by atoms with E-state index in [0.29, 0.717) is 22.8 Å². The van der Waals surface area contributed by atoms with Gasteiger partial charge in [0.2, 0.25) is 0 Å². The highest BCUT2D eigenvalue weighted by molar-refractivity contribution is 5.85. The Balaban J connectivity index is 2.44. The number of carboxylic acid groups (broad SMARTS) is 1. The third kappa shape index (κ3) is 3.47. The molecule has 1 aromatic carbocycles. The molecule has 6 heteroatoms. The minimum absolute atomic E-state index is 0.00871. The predicted molar refractivity (Wildman–Crippen MR) is 76.7 cm³/mol. The Labute approximate surface area is 122 Å². The third-order valence-electron chi connectivity index (χ3n) is 2.68. The summed E-state index contributed by atoms with van der Waals surface area (Å²) in [6.45, 7) is 3.83. The van der Waals surface area contributed by atoms with Gasteiger partial charge in [0.25, 0.3) is 0 Å². The summed E-state index contributed by atoms with van der Waals surface area (Å²) in [7, 11) is 1.56. The summed E-state index contributed by atoms with van der Waals surface area (Å²) in [4.78, 5) is 18.9. The van der Waals surface area contributed by atoms with Gasteiger partial charge in [-0.25, -0.2) is 9.78 Å². The van der Waals surface area contributed by atoms with Crippen LogP contribution in [0.25, 0.3) is 11.3 Å². The smallest absolute Gasteiger partial charge is 0.356 e. The summed E-state index contributed by atoms with van der Waals surface area (Å²) in [5.41, 5.74) is 1.07. The maximum atomic E-state index is 11.0. The average Bonchev–Trinajstić information content (AvgIpc) is 2.46. The molecule has 0 atom stereocenters. The van der Waals surface area contributed by atoms with E-state index in [0.717, 1.165) is 0 Å². The van der Waals surface area contributed by atoms with Crippen molar-refractivity contribution in [1.29, 1.82) is 0 Å². The maximum absolute atomic E-state index is 11.0. The van der Waals surface area contributed by atoms with E-state index >= 15 is 0 Å². The van der Waals surface area contributed by atoms with Crippen LogP contribution in [0.1, 0.15) is 24.3 Å². The Hall–Kier alpha value is -2.63. The summed E-state index contributed by atoms with van der Waals surface area (Å²) < 4.78 is 10.9. The third-order valence-corrected chi connectivity index (χ3v) is 2.68. The van der Waals surface area contributed by atoms with Gasteiger partial charge in [0.15, 0.2) is 17.2 Å². The van der Waals surface area contributed by atoms with Crippen molar-refractivity contribution in [2.75, 3.05) is 7.11 Å². The van der Waals surface area contributed by atoms with Crippen LogP contribution in [0.15, 0.2) is 30.6 Å². The molecule has 6 nitrogen and oxygen atoms in total. The molecular formula is C15H16N2O4. The summed E-state index contributed by atoms with van der Waals surface area (Å²) >= 11 is 0. The van der Waals surface area contributed by atoms with Crippen LogP contribution in [0.5, 0.6) is 11.5 Å². The Morgan fingerprint density at radius 2 is 2.00 bits per heavy atom. The number of carboxylic acids is 1. The second-order valence-corrected chi connectivity index (χ2v) is 4.63. The minimum atomic E-state index is -1.11. The first-order valence-corrected chi connectivity index (χ1v) is 6.41. The number of carbonyl (C=O) groups is 1. The zero-order chi connectivity index (χ0) is 15.4. The molecule has 0 fully saturated rings. The lowest BCUT2D eigenvalue weighted by molar-refractivity contribution is 0.0690. The van der Waals surface area contributed by atoms with E-state index in [9.17, 15) is 4.79 Å². The Morgan fingerprint density at radius 1 is 1.24 bits per heavy atom. The molecule has 1 aromatic heterocycles. The minimum Gasteiger partial charge on any atom is -0.493 e. The number of hydrogen-bond donors (Lipinski definition) is 1. The quantitative estimate of drug-likeness (QED) is 0.910. The molecular weight excluding hydrogens is 272 g/mol. The second kappa shape index (κ2) is 6.21. The van der Waals surface area contributed by atoms with Crippen molar-refractivity contribution in [3.8, 4) is 22.8 Å². The van der Waals surface area contributed by atoms with Crippen LogP contribution in [0.2, 0.25) is 0 Å². The molecule has 1 heterocycles. The highest BCUT2D eigenvalue weighted by atomic mass is 16.5. The number of aromatic carboxylic acids is 1. The van der Waals surface area contributed by atoms with E-state index < -0.39 is 5.97 Å². The number of nitrogens with zero attached hydrogens (tertiary/aromatic N) is 2. The molecule has 0 saturated heterocycles. The lowest BCUT2D eigenvalue weighted by Gasteiger charge is -2.14. The van der Waals surface area contributed by atoms with Gasteiger partial charge in [-0.2, -0.15) is 0 Å². The fourth-order valence-corrected chi connectivity index (χ4v) is 1.79. The molecule has 1 N–H and O–H groups in total. The first kappa shape index (κ1) is 14.8. The van der Waals surface area contributed by atoms with E-state index in [1.54, 1.807) is 25.3 Å². The standard InChI is InChI=1S/C15H16N2O4/c1-9(2)21-14-6-10(4-5-13(14)20-3)11-7-16-8-12(17-11)15(18)19/h4-9H,1-3H3,(H,18,19). The zero-order valence-electron chi connectivity index (χ0n) is 12.0. The predicted octanol–water partition coefficient (Wildman–Crippen LogP) is 2.64. The summed E-state index contributed by atoms with van der Waals surface area (Å²) in [5.74, 6) is 0.0684. The van der Waals surface area contributed by atoms with E-state index in [4.69, 9.17) is 14.6 Å². The van der Waals surface area contributed by atoms with Crippen molar-refractivity contribution < 1.29 is 19.4 Å². The first-order chi connectivity index (χ1) is 10.0. The summed E-state index contributed by atoms with van der Waals surface area (Å²) in [5, 5.41) is 8.96. The molecule has 2 aromatic rings. The van der Waals surface area contributed by atoms with Crippen LogP contribution in [0, 0.1) is 0 Å². The molecule has 0 spiro atoms. The molecule has 0 amide bonds. The number of aromatic nitrogens is 2. The Kier molecular flexibility index (Phi) is 4.37. The van der Waals surface area contributed by atoms with Crippen LogP contribution >= 0.6 is 0 Å². The molecule has 0 aliphatic heterocycles. The fraction of sp³-hybridized carbons (Fsp3) is 0.267. The summed E-state index contributed by atoms with van der Waals surface area (Å²) in [6, 6.07) is 5.29. The van der Waals surface area contributed by atoms with Gasteiger partial charge in [-0.15, -0.1) is 0 Å². The molecule has 21 heavy (non-hydrogen) atoms. The molecule has 110 valence electrons. The topological polar surface area (TPSA) is 81.5 Å². The van der Waals surface area contributed by atoms with Gasteiger partial charge in [-0.1, -0.05) is 0 Å². The Bertz CT molecular complexity index is 656. The fourth-order valence-electron chi connectivity index (χ4n) is 1.79. The second-order valence-electron chi connectivity index (χ2n) is 4.63. The van der Waals surface area contributed by atoms with E-state index in [2.05, 4.69) is 9.97 Å². The number of methoxy groups -OCH3 is 1. The first-order valence-electron chi connectivity index (χ1n) is 6.41. The van der Waals surface area contributed by atoms with E-state index in [-0.39, 0.29) is 11.8 Å². The molecule has 0 saturated carbocycles. The van der Waals surface area contributed by atoms with Crippen LogP contribution < -0.4 is 9.47 Å². The van der Waals surface area contributed by atoms with Crippen molar-refractivity contribution in [2.45, 2.75) is 20.0 Å². The van der Waals surface area contributed by atoms with Crippen LogP contribution in [-0.4, -0.2) is 34.3 Å². The van der Waals surface area contributed by atoms with Crippen molar-refractivity contribution in [2.24, 2.45) is 0 Å². The highest BCUT2D eigenvalue weighted by Gasteiger charge is 2.12. The SMILES string of the molecule is COc1ccc(-c2cncc(C(=O)O)n2)cc1OC(C)C. The maximum Gasteiger partial charge on any atom is 0.356 e. The number of rotatable bonds is 5. The molecule has 0 unspecified atom stereocenters. The van der Waals surface area contributed by atoms with E-state index in [1.165, 1.54) is 12.4 Å². The van der Waals surface area contributed by atoms with Crippen LogP contribution in [0.3, 0.4) is 0 Å². The number of ether oxygens (including phenoxy) is 2. The largest absolute Gasteiger partial charge is 0.493 e. The average molecular weight is 288 g/mol. The number of hydrogen-bond acceptors (Lipinski definition) is 5. The van der Waals surface area contributed by atoms with Gasteiger partial charge in [0.05, 0.1) is 31.3 Å². The van der Waals surface area contributed by atoms with Gasteiger partial charge >= 0.3 is 5.97 Å². The van der Waals surface area contributed by atoms with Gasteiger partial charge in [-0.05, 0) is 32.0 Å². The van der Waals surface area contributed by atoms with Crippen LogP contribution in [0.4, 0.5) is 0 Å². The van der Waals surface area contributed by atoms with Crippen molar-refractivity contribution >= 4 is 5.97 Å². The van der Waals surface area contributed by atoms with Crippen LogP contribution in [-0.2, 0) is 0 Å². The van der Waals surface area contributed by atoms with Gasteiger partial charge in [0.1, 0.15) is 0 Å². The van der Waals surface area contributed by atoms with Gasteiger partial charge in [-0.3, -0.25) is 4.98 Å². The lowest BCUT2D eigenvalue weighted by atomic mass is 10.1. The summed E-state index contributed by atoms with van der Waals surface area (Å²) in [6.07, 6.45) is 2.71. The lowest BCUT2D eigenvalue weighted by Crippen LogP contribution is -2.07.